The fraction of sp³-hybridized carbons (Fsp3) is 0.889. The van der Waals surface area contributed by atoms with Gasteiger partial charge in [0, 0.05) is 0 Å². The van der Waals surface area contributed by atoms with Crippen LogP contribution in [-0.2, 0) is 20.9 Å². The summed E-state index contributed by atoms with van der Waals surface area (Å²) in [6, 6.07) is -0.0818. The van der Waals surface area contributed by atoms with Gasteiger partial charge in [0.15, 0.2) is 5.11 Å². The Morgan fingerprint density at radius 2 is 1.82 bits per heavy atom. The van der Waals surface area contributed by atoms with Gasteiger partial charge in [-0.1, -0.05) is 6.92 Å². The molecule has 0 aromatic carbocycles. The van der Waals surface area contributed by atoms with Crippen LogP contribution in [0.2, 0.25) is 0 Å². The lowest BCUT2D eigenvalue weighted by Gasteiger charge is -2.25. The van der Waals surface area contributed by atoms with E-state index < -0.39 is 6.64 Å². The van der Waals surface area contributed by atoms with Gasteiger partial charge in [-0.05, 0) is 44.3 Å². The number of thiocarbonyl (C=S) groups is 1. The smallest absolute Gasteiger partial charge is 0.289 e. The molecule has 8 heteroatoms. The van der Waals surface area contributed by atoms with Crippen molar-refractivity contribution in [2.75, 3.05) is 19.8 Å². The molecule has 17 heavy (non-hydrogen) atoms. The van der Waals surface area contributed by atoms with E-state index in [-0.39, 0.29) is 12.6 Å². The average molecular weight is 300 g/mol. The molecule has 5 nitrogen and oxygen atoms in total. The van der Waals surface area contributed by atoms with Gasteiger partial charge in [0.05, 0.1) is 25.9 Å². The highest BCUT2D eigenvalue weighted by Crippen LogP contribution is 2.43. The minimum absolute atomic E-state index is 0.0183. The number of nitrogens with one attached hydrogen (secondary N) is 2. The zero-order valence-corrected chi connectivity index (χ0v) is 13.0. The van der Waals surface area contributed by atoms with Gasteiger partial charge in [-0.15, -0.1) is 0 Å². The first-order valence-corrected chi connectivity index (χ1v) is 8.64. The van der Waals surface area contributed by atoms with Crippen molar-refractivity contribution < 1.29 is 14.2 Å². The van der Waals surface area contributed by atoms with Gasteiger partial charge >= 0.3 is 0 Å². The van der Waals surface area contributed by atoms with Crippen LogP contribution in [0.25, 0.3) is 0 Å². The molecule has 0 aliphatic carbocycles. The van der Waals surface area contributed by atoms with E-state index in [1.165, 1.54) is 0 Å². The average Bonchev–Trinajstić information content (AvgIpc) is 2.26. The third-order valence-corrected chi connectivity index (χ3v) is 4.86. The van der Waals surface area contributed by atoms with Crippen LogP contribution in [0.4, 0.5) is 0 Å². The van der Waals surface area contributed by atoms with Crippen molar-refractivity contribution in [3.05, 3.63) is 0 Å². The van der Waals surface area contributed by atoms with E-state index in [1.54, 1.807) is 0 Å². The summed E-state index contributed by atoms with van der Waals surface area (Å²) < 4.78 is 10.8. The van der Waals surface area contributed by atoms with Crippen LogP contribution in [0.3, 0.4) is 0 Å². The van der Waals surface area contributed by atoms with Crippen LogP contribution in [-0.4, -0.2) is 36.1 Å². The third kappa shape index (κ3) is 7.28. The predicted molar refractivity (Wildman–Crippen MR) is 77.6 cm³/mol. The highest BCUT2D eigenvalue weighted by molar-refractivity contribution is 8.09. The second-order valence-electron chi connectivity index (χ2n) is 3.21. The lowest BCUT2D eigenvalue weighted by Crippen LogP contribution is -2.42. The van der Waals surface area contributed by atoms with E-state index >= 15 is 0 Å². The Kier molecular flexibility index (Phi) is 9.31. The molecular weight excluding hydrogens is 279 g/mol. The molecule has 0 spiro atoms. The fourth-order valence-electron chi connectivity index (χ4n) is 1.06. The number of aliphatic hydroxyl groups excluding tert-OH is 1. The summed E-state index contributed by atoms with van der Waals surface area (Å²) in [7, 11) is 0. The molecule has 0 bridgehead atoms. The monoisotopic (exact) mass is 300 g/mol. The largest absolute Gasteiger partial charge is 0.394 e. The molecule has 0 saturated carbocycles. The van der Waals surface area contributed by atoms with E-state index in [2.05, 4.69) is 10.4 Å². The molecule has 0 amide bonds. The standard InChI is InChI=1S/C9H21N2O3PS2/c1-4-8(7-12)10-9(16)11-15(17,13-5-2)14-6-3/h8,12H,4-7H2,1-3H3,(H2,10,11,16,17)/t8-/m0/s1. The molecule has 0 unspecified atom stereocenters. The van der Waals surface area contributed by atoms with E-state index in [0.29, 0.717) is 18.3 Å². The highest BCUT2D eigenvalue weighted by Gasteiger charge is 2.20. The zero-order valence-electron chi connectivity index (χ0n) is 10.4. The predicted octanol–water partition coefficient (Wildman–Crippen LogP) is 1.52. The third-order valence-electron chi connectivity index (χ3n) is 1.88. The van der Waals surface area contributed by atoms with Crippen LogP contribution in [0.15, 0.2) is 0 Å². The Balaban J connectivity index is 4.35. The van der Waals surface area contributed by atoms with Gasteiger partial charge in [-0.3, -0.25) is 5.09 Å². The van der Waals surface area contributed by atoms with E-state index in [9.17, 15) is 0 Å². The van der Waals surface area contributed by atoms with E-state index in [4.69, 9.17) is 38.2 Å². The summed E-state index contributed by atoms with van der Waals surface area (Å²) in [5.41, 5.74) is 0. The van der Waals surface area contributed by atoms with Gasteiger partial charge in [-0.2, -0.15) is 0 Å². The summed E-state index contributed by atoms with van der Waals surface area (Å²) in [5, 5.41) is 15.3. The van der Waals surface area contributed by atoms with Crippen LogP contribution in [0.5, 0.6) is 0 Å². The maximum absolute atomic E-state index is 9.05. The van der Waals surface area contributed by atoms with E-state index in [1.807, 2.05) is 20.8 Å². The Morgan fingerprint density at radius 1 is 1.29 bits per heavy atom. The summed E-state index contributed by atoms with van der Waals surface area (Å²) in [5.74, 6) is 0. The molecule has 0 aromatic heterocycles. The molecule has 102 valence electrons. The van der Waals surface area contributed by atoms with Crippen molar-refractivity contribution in [1.29, 1.82) is 0 Å². The molecule has 0 saturated heterocycles. The molecule has 0 aromatic rings. The van der Waals surface area contributed by atoms with Crippen molar-refractivity contribution >= 4 is 35.8 Å². The fourth-order valence-corrected chi connectivity index (χ4v) is 3.86. The van der Waals surface area contributed by atoms with Crippen molar-refractivity contribution in [2.45, 2.75) is 33.2 Å². The van der Waals surface area contributed by atoms with Crippen molar-refractivity contribution in [1.82, 2.24) is 10.4 Å². The normalized spacial score (nSPS) is 13.2. The van der Waals surface area contributed by atoms with Crippen molar-refractivity contribution in [3.63, 3.8) is 0 Å². The molecule has 0 aliphatic rings. The lowest BCUT2D eigenvalue weighted by atomic mass is 10.2. The SMILES string of the molecule is CCOP(=S)(NC(=S)N[C@@H](CC)CO)OCC. The quantitative estimate of drug-likeness (QED) is 0.464. The molecule has 0 radical (unpaired) electrons. The number of hydrogen-bond acceptors (Lipinski definition) is 5. The minimum Gasteiger partial charge on any atom is -0.394 e. The molecule has 0 heterocycles. The first-order chi connectivity index (χ1) is 8.01. The summed E-state index contributed by atoms with van der Waals surface area (Å²) in [6.45, 7) is 4.04. The molecule has 3 N–H and O–H groups in total. The molecule has 1 atom stereocenters. The first kappa shape index (κ1) is 17.2. The summed E-state index contributed by atoms with van der Waals surface area (Å²) in [6.07, 6.45) is 0.768. The van der Waals surface area contributed by atoms with Gasteiger partial charge < -0.3 is 19.5 Å². The van der Waals surface area contributed by atoms with Crippen molar-refractivity contribution in [2.24, 2.45) is 0 Å². The summed E-state index contributed by atoms with van der Waals surface area (Å²) in [4.78, 5) is 0. The second kappa shape index (κ2) is 9.19. The van der Waals surface area contributed by atoms with Crippen molar-refractivity contribution in [3.8, 4) is 0 Å². The topological polar surface area (TPSA) is 62.8 Å². The van der Waals surface area contributed by atoms with Crippen LogP contribution in [0, 0.1) is 0 Å². The second-order valence-corrected chi connectivity index (χ2v) is 6.79. The van der Waals surface area contributed by atoms with Gasteiger partial charge in [0.2, 0.25) is 0 Å². The number of rotatable bonds is 8. The van der Waals surface area contributed by atoms with Gasteiger partial charge in [0.1, 0.15) is 0 Å². The Labute approximate surface area is 113 Å². The maximum atomic E-state index is 9.05. The van der Waals surface area contributed by atoms with Crippen LogP contribution in [0.1, 0.15) is 27.2 Å². The minimum atomic E-state index is -2.55. The molecule has 0 fully saturated rings. The molecular formula is C9H21N2O3PS2. The molecule has 0 aliphatic heterocycles. The first-order valence-electron chi connectivity index (χ1n) is 5.60. The highest BCUT2D eigenvalue weighted by atomic mass is 32.5. The number of aliphatic hydroxyl groups is 1. The Bertz CT molecular complexity index is 265. The van der Waals surface area contributed by atoms with Crippen LogP contribution < -0.4 is 10.4 Å². The Hall–Kier alpha value is 0.220. The zero-order chi connectivity index (χ0) is 13.3. The lowest BCUT2D eigenvalue weighted by molar-refractivity contribution is 0.250. The number of hydrogen-bond donors (Lipinski definition) is 3. The van der Waals surface area contributed by atoms with Crippen LogP contribution >= 0.6 is 18.9 Å². The van der Waals surface area contributed by atoms with Gasteiger partial charge in [-0.25, -0.2) is 0 Å². The van der Waals surface area contributed by atoms with Gasteiger partial charge in [0.25, 0.3) is 6.64 Å². The molecule has 0 rings (SSSR count). The maximum Gasteiger partial charge on any atom is 0.289 e. The summed E-state index contributed by atoms with van der Waals surface area (Å²) >= 11 is 10.4. The van der Waals surface area contributed by atoms with E-state index in [0.717, 1.165) is 6.42 Å². The Morgan fingerprint density at radius 3 is 2.18 bits per heavy atom.